The fourth-order valence-electron chi connectivity index (χ4n) is 4.98. The van der Waals surface area contributed by atoms with Gasteiger partial charge >= 0.3 is 0 Å². The number of carbonyl (C=O) groups excluding carboxylic acids is 2. The molecule has 2 aliphatic rings. The highest BCUT2D eigenvalue weighted by molar-refractivity contribution is 6.33. The summed E-state index contributed by atoms with van der Waals surface area (Å²) in [6, 6.07) is 8.74. The van der Waals surface area contributed by atoms with E-state index in [9.17, 15) is 19.1 Å². The van der Waals surface area contributed by atoms with Gasteiger partial charge in [0.15, 0.2) is 0 Å². The SMILES string of the molecule is CCOc1cc(F)cc([C@@H](CO)NC(=O)CN2Cc3ccc(-c4nc(NC5CCOCC5)ncc4Cl)cc3C2=O)c1. The molecule has 2 aromatic carbocycles. The fourth-order valence-corrected chi connectivity index (χ4v) is 5.18. The third kappa shape index (κ3) is 6.75. The summed E-state index contributed by atoms with van der Waals surface area (Å²) in [7, 11) is 0. The first-order valence-electron chi connectivity index (χ1n) is 13.5. The Balaban J connectivity index is 1.27. The van der Waals surface area contributed by atoms with E-state index >= 15 is 0 Å². The number of nitrogens with zero attached hydrogens (tertiary/aromatic N) is 3. The molecule has 10 nitrogen and oxygen atoms in total. The van der Waals surface area contributed by atoms with Crippen LogP contribution in [0.15, 0.2) is 42.6 Å². The van der Waals surface area contributed by atoms with Gasteiger partial charge in [0.25, 0.3) is 5.91 Å². The van der Waals surface area contributed by atoms with Crippen LogP contribution in [0, 0.1) is 5.82 Å². The second kappa shape index (κ2) is 12.8. The molecule has 0 radical (unpaired) electrons. The molecular weight excluding hydrogens is 553 g/mol. The molecule has 41 heavy (non-hydrogen) atoms. The van der Waals surface area contributed by atoms with Crippen molar-refractivity contribution >= 4 is 29.4 Å². The molecule has 2 amide bonds. The predicted molar refractivity (Wildman–Crippen MR) is 150 cm³/mol. The topological polar surface area (TPSA) is 126 Å². The van der Waals surface area contributed by atoms with Crippen LogP contribution in [0.3, 0.4) is 0 Å². The Labute approximate surface area is 241 Å². The van der Waals surface area contributed by atoms with E-state index in [0.29, 0.717) is 58.9 Å². The summed E-state index contributed by atoms with van der Waals surface area (Å²) in [5.74, 6) is -0.601. The first kappa shape index (κ1) is 28.7. The molecule has 0 spiro atoms. The van der Waals surface area contributed by atoms with Crippen LogP contribution >= 0.6 is 11.6 Å². The first-order chi connectivity index (χ1) is 19.8. The first-order valence-corrected chi connectivity index (χ1v) is 13.8. The molecule has 5 rings (SSSR count). The molecule has 216 valence electrons. The Kier molecular flexibility index (Phi) is 8.96. The van der Waals surface area contributed by atoms with Crippen LogP contribution in [0.1, 0.15) is 47.3 Å². The number of ether oxygens (including phenoxy) is 2. The number of aliphatic hydroxyl groups excluding tert-OH is 1. The van der Waals surface area contributed by atoms with Crippen molar-refractivity contribution < 1.29 is 28.6 Å². The van der Waals surface area contributed by atoms with E-state index in [2.05, 4.69) is 20.6 Å². The van der Waals surface area contributed by atoms with E-state index in [4.69, 9.17) is 21.1 Å². The van der Waals surface area contributed by atoms with Crippen LogP contribution < -0.4 is 15.4 Å². The van der Waals surface area contributed by atoms with Crippen molar-refractivity contribution in [1.82, 2.24) is 20.2 Å². The molecule has 0 aliphatic carbocycles. The average molecular weight is 584 g/mol. The van der Waals surface area contributed by atoms with Gasteiger partial charge in [-0.3, -0.25) is 9.59 Å². The maximum absolute atomic E-state index is 14.1. The van der Waals surface area contributed by atoms with Crippen molar-refractivity contribution in [2.24, 2.45) is 0 Å². The quantitative estimate of drug-likeness (QED) is 0.330. The zero-order valence-corrected chi connectivity index (χ0v) is 23.3. The van der Waals surface area contributed by atoms with E-state index < -0.39 is 24.4 Å². The predicted octanol–water partition coefficient (Wildman–Crippen LogP) is 3.73. The number of amides is 2. The molecule has 0 unspecified atom stereocenters. The lowest BCUT2D eigenvalue weighted by molar-refractivity contribution is -0.122. The molecule has 3 heterocycles. The molecule has 2 aliphatic heterocycles. The Morgan fingerprint density at radius 2 is 2.07 bits per heavy atom. The number of anilines is 1. The van der Waals surface area contributed by atoms with Gasteiger partial charge in [-0.05, 0) is 49.1 Å². The zero-order chi connectivity index (χ0) is 28.9. The number of fused-ring (bicyclic) bond motifs is 1. The van der Waals surface area contributed by atoms with Crippen LogP contribution in [0.2, 0.25) is 5.02 Å². The Hall–Kier alpha value is -3.80. The maximum atomic E-state index is 14.1. The standard InChI is InChI=1S/C29H31ClFN5O5/c1-2-41-22-10-19(9-20(31)12-22)25(16-37)34-26(38)15-36-14-18-4-3-17(11-23(18)28(36)39)27-24(30)13-32-29(35-27)33-21-5-7-40-8-6-21/h3-4,9-13,21,25,37H,2,5-8,14-16H2,1H3,(H,34,38)(H,32,33,35)/t25-/m1/s1. The molecule has 3 aromatic rings. The van der Waals surface area contributed by atoms with E-state index in [1.165, 1.54) is 23.2 Å². The summed E-state index contributed by atoms with van der Waals surface area (Å²) in [5, 5.41) is 16.2. The number of aromatic nitrogens is 2. The van der Waals surface area contributed by atoms with Crippen molar-refractivity contribution in [3.05, 3.63) is 70.1 Å². The third-order valence-corrected chi connectivity index (χ3v) is 7.30. The summed E-state index contributed by atoms with van der Waals surface area (Å²) in [6.07, 6.45) is 3.24. The molecular formula is C29H31ClFN5O5. The number of hydrogen-bond donors (Lipinski definition) is 3. The summed E-state index contributed by atoms with van der Waals surface area (Å²) >= 11 is 6.44. The lowest BCUT2D eigenvalue weighted by Crippen LogP contribution is -2.40. The van der Waals surface area contributed by atoms with Gasteiger partial charge in [-0.25, -0.2) is 14.4 Å². The normalized spacial score (nSPS) is 15.9. The van der Waals surface area contributed by atoms with Gasteiger partial charge in [-0.1, -0.05) is 23.7 Å². The number of halogens is 2. The Bertz CT molecular complexity index is 1430. The highest BCUT2D eigenvalue weighted by Crippen LogP contribution is 2.32. The fraction of sp³-hybridized carbons (Fsp3) is 0.379. The van der Waals surface area contributed by atoms with Gasteiger partial charge in [0.2, 0.25) is 11.9 Å². The number of rotatable bonds is 10. The third-order valence-electron chi connectivity index (χ3n) is 7.02. The van der Waals surface area contributed by atoms with Crippen LogP contribution in [0.25, 0.3) is 11.3 Å². The minimum absolute atomic E-state index is 0.206. The molecule has 3 N–H and O–H groups in total. The number of nitrogens with one attached hydrogen (secondary N) is 2. The average Bonchev–Trinajstić information content (AvgIpc) is 3.27. The number of benzene rings is 2. The van der Waals surface area contributed by atoms with Gasteiger partial charge in [-0.15, -0.1) is 0 Å². The second-order valence-corrected chi connectivity index (χ2v) is 10.3. The lowest BCUT2D eigenvalue weighted by atomic mass is 10.0. The molecule has 1 saturated heterocycles. The number of hydrogen-bond acceptors (Lipinski definition) is 8. The van der Waals surface area contributed by atoms with Crippen molar-refractivity contribution in [2.45, 2.75) is 38.4 Å². The summed E-state index contributed by atoms with van der Waals surface area (Å²) < 4.78 is 24.8. The van der Waals surface area contributed by atoms with E-state index in [1.807, 2.05) is 12.1 Å². The minimum atomic E-state index is -0.868. The number of carbonyl (C=O) groups is 2. The zero-order valence-electron chi connectivity index (χ0n) is 22.5. The van der Waals surface area contributed by atoms with Crippen molar-refractivity contribution in [1.29, 1.82) is 0 Å². The van der Waals surface area contributed by atoms with E-state index in [-0.39, 0.29) is 25.0 Å². The highest BCUT2D eigenvalue weighted by atomic mass is 35.5. The summed E-state index contributed by atoms with van der Waals surface area (Å²) in [6.45, 7) is 3.03. The Morgan fingerprint density at radius 3 is 2.83 bits per heavy atom. The van der Waals surface area contributed by atoms with Crippen LogP contribution in [0.4, 0.5) is 10.3 Å². The van der Waals surface area contributed by atoms with Gasteiger partial charge < -0.3 is 30.1 Å². The molecule has 1 fully saturated rings. The smallest absolute Gasteiger partial charge is 0.254 e. The van der Waals surface area contributed by atoms with E-state index in [0.717, 1.165) is 18.4 Å². The summed E-state index contributed by atoms with van der Waals surface area (Å²) in [5.41, 5.74) is 2.73. The minimum Gasteiger partial charge on any atom is -0.494 e. The van der Waals surface area contributed by atoms with Crippen LogP contribution in [-0.2, 0) is 16.1 Å². The van der Waals surface area contributed by atoms with Crippen LogP contribution in [-0.4, -0.2) is 70.8 Å². The molecule has 1 aromatic heterocycles. The van der Waals surface area contributed by atoms with Gasteiger partial charge in [-0.2, -0.15) is 0 Å². The largest absolute Gasteiger partial charge is 0.494 e. The number of aliphatic hydroxyl groups is 1. The molecule has 0 saturated carbocycles. The molecule has 12 heteroatoms. The Morgan fingerprint density at radius 1 is 1.27 bits per heavy atom. The highest BCUT2D eigenvalue weighted by Gasteiger charge is 2.30. The maximum Gasteiger partial charge on any atom is 0.254 e. The van der Waals surface area contributed by atoms with Gasteiger partial charge in [0.1, 0.15) is 18.1 Å². The molecule has 1 atom stereocenters. The van der Waals surface area contributed by atoms with Gasteiger partial charge in [0.05, 0.1) is 36.2 Å². The van der Waals surface area contributed by atoms with Gasteiger partial charge in [0, 0.05) is 43.0 Å². The molecule has 0 bridgehead atoms. The van der Waals surface area contributed by atoms with E-state index in [1.54, 1.807) is 19.1 Å². The van der Waals surface area contributed by atoms with Crippen LogP contribution in [0.5, 0.6) is 5.75 Å². The van der Waals surface area contributed by atoms with Crippen molar-refractivity contribution in [2.75, 3.05) is 38.3 Å². The second-order valence-electron chi connectivity index (χ2n) is 9.91. The van der Waals surface area contributed by atoms with Crippen molar-refractivity contribution in [3.8, 4) is 17.0 Å². The summed E-state index contributed by atoms with van der Waals surface area (Å²) in [4.78, 5) is 36.5. The monoisotopic (exact) mass is 583 g/mol. The lowest BCUT2D eigenvalue weighted by Gasteiger charge is -2.23. The van der Waals surface area contributed by atoms with Crippen molar-refractivity contribution in [3.63, 3.8) is 0 Å².